The van der Waals surface area contributed by atoms with Crippen LogP contribution in [0, 0.1) is 0 Å². The Morgan fingerprint density at radius 1 is 1.26 bits per heavy atom. The number of hydrogen-bond donors (Lipinski definition) is 1. The molecule has 0 heterocycles. The van der Waals surface area contributed by atoms with Gasteiger partial charge in [-0.2, -0.15) is 0 Å². The van der Waals surface area contributed by atoms with Gasteiger partial charge in [0.05, 0.1) is 7.11 Å². The maximum atomic E-state index is 5.40. The summed E-state index contributed by atoms with van der Waals surface area (Å²) in [7, 11) is 3.89. The molecule has 0 aromatic heterocycles. The second-order valence-electron chi connectivity index (χ2n) is 5.29. The van der Waals surface area contributed by atoms with Crippen molar-refractivity contribution in [1.29, 1.82) is 0 Å². The standard InChI is InChI=1S/C16H28N2O/c1-6-13(2)17-11-14(3)18(4)12-15-9-7-8-10-16(15)19-5/h7-10,13-14,17H,6,11-12H2,1-5H3. The SMILES string of the molecule is CCC(C)NCC(C)N(C)Cc1ccccc1OC. The van der Waals surface area contributed by atoms with E-state index in [0.717, 1.165) is 18.8 Å². The van der Waals surface area contributed by atoms with Crippen LogP contribution >= 0.6 is 0 Å². The lowest BCUT2D eigenvalue weighted by atomic mass is 10.1. The summed E-state index contributed by atoms with van der Waals surface area (Å²) in [6, 6.07) is 9.31. The highest BCUT2D eigenvalue weighted by Gasteiger charge is 2.12. The Balaban J connectivity index is 2.51. The van der Waals surface area contributed by atoms with Gasteiger partial charge >= 0.3 is 0 Å². The fourth-order valence-electron chi connectivity index (χ4n) is 1.93. The minimum Gasteiger partial charge on any atom is -0.496 e. The molecule has 0 spiro atoms. The first kappa shape index (κ1) is 16.0. The molecule has 108 valence electrons. The predicted octanol–water partition coefficient (Wildman–Crippen LogP) is 2.90. The molecule has 3 heteroatoms. The molecule has 0 aliphatic heterocycles. The van der Waals surface area contributed by atoms with Crippen LogP contribution in [0.5, 0.6) is 5.75 Å². The third-order valence-electron chi connectivity index (χ3n) is 3.74. The molecule has 1 aromatic carbocycles. The fraction of sp³-hybridized carbons (Fsp3) is 0.625. The molecule has 0 saturated carbocycles. The van der Waals surface area contributed by atoms with E-state index in [1.807, 2.05) is 12.1 Å². The van der Waals surface area contributed by atoms with Gasteiger partial charge in [-0.15, -0.1) is 0 Å². The van der Waals surface area contributed by atoms with Crippen LogP contribution in [0.1, 0.15) is 32.8 Å². The molecule has 1 N–H and O–H groups in total. The number of benzene rings is 1. The number of rotatable bonds is 8. The van der Waals surface area contributed by atoms with Crippen LogP contribution in [0.25, 0.3) is 0 Å². The van der Waals surface area contributed by atoms with Gasteiger partial charge in [-0.25, -0.2) is 0 Å². The average Bonchev–Trinajstić information content (AvgIpc) is 2.44. The lowest BCUT2D eigenvalue weighted by Gasteiger charge is -2.27. The van der Waals surface area contributed by atoms with Gasteiger partial charge < -0.3 is 10.1 Å². The summed E-state index contributed by atoms with van der Waals surface area (Å²) in [6.07, 6.45) is 1.17. The van der Waals surface area contributed by atoms with Gasteiger partial charge in [0, 0.05) is 30.7 Å². The van der Waals surface area contributed by atoms with Gasteiger partial charge in [0.1, 0.15) is 5.75 Å². The molecule has 1 aromatic rings. The van der Waals surface area contributed by atoms with Crippen LogP contribution in [0.15, 0.2) is 24.3 Å². The quantitative estimate of drug-likeness (QED) is 0.781. The zero-order valence-electron chi connectivity index (χ0n) is 12.9. The molecule has 0 fully saturated rings. The van der Waals surface area contributed by atoms with Crippen LogP contribution < -0.4 is 10.1 Å². The largest absolute Gasteiger partial charge is 0.496 e. The minimum absolute atomic E-state index is 0.499. The molecule has 0 saturated heterocycles. The van der Waals surface area contributed by atoms with Gasteiger partial charge in [0.2, 0.25) is 0 Å². The van der Waals surface area contributed by atoms with Gasteiger partial charge in [-0.3, -0.25) is 4.90 Å². The second-order valence-corrected chi connectivity index (χ2v) is 5.29. The number of likely N-dealkylation sites (N-methyl/N-ethyl adjacent to an activating group) is 1. The second kappa shape index (κ2) is 8.18. The Morgan fingerprint density at radius 2 is 1.95 bits per heavy atom. The molecule has 0 bridgehead atoms. The lowest BCUT2D eigenvalue weighted by Crippen LogP contribution is -2.40. The zero-order chi connectivity index (χ0) is 14.3. The minimum atomic E-state index is 0.499. The Hall–Kier alpha value is -1.06. The Morgan fingerprint density at radius 3 is 2.58 bits per heavy atom. The Bertz CT molecular complexity index is 368. The Labute approximate surface area is 118 Å². The van der Waals surface area contributed by atoms with E-state index in [0.29, 0.717) is 12.1 Å². The van der Waals surface area contributed by atoms with E-state index >= 15 is 0 Å². The first-order chi connectivity index (χ1) is 9.08. The highest BCUT2D eigenvalue weighted by molar-refractivity contribution is 5.33. The number of nitrogens with one attached hydrogen (secondary N) is 1. The van der Waals surface area contributed by atoms with Crippen molar-refractivity contribution in [3.63, 3.8) is 0 Å². The molecule has 3 nitrogen and oxygen atoms in total. The summed E-state index contributed by atoms with van der Waals surface area (Å²) in [6.45, 7) is 8.62. The highest BCUT2D eigenvalue weighted by atomic mass is 16.5. The molecule has 0 radical (unpaired) electrons. The van der Waals surface area contributed by atoms with E-state index in [4.69, 9.17) is 4.74 Å². The topological polar surface area (TPSA) is 24.5 Å². The van der Waals surface area contributed by atoms with Crippen LogP contribution in [-0.2, 0) is 6.54 Å². The van der Waals surface area contributed by atoms with Crippen LogP contribution in [0.4, 0.5) is 0 Å². The van der Waals surface area contributed by atoms with Gasteiger partial charge in [0.25, 0.3) is 0 Å². The number of para-hydroxylation sites is 1. The fourth-order valence-corrected chi connectivity index (χ4v) is 1.93. The summed E-state index contributed by atoms with van der Waals surface area (Å²) in [5, 5.41) is 3.55. The summed E-state index contributed by atoms with van der Waals surface area (Å²) in [5.74, 6) is 0.969. The van der Waals surface area contributed by atoms with E-state index < -0.39 is 0 Å². The van der Waals surface area contributed by atoms with Gasteiger partial charge in [0.15, 0.2) is 0 Å². The number of ether oxygens (including phenoxy) is 1. The molecule has 0 aliphatic carbocycles. The van der Waals surface area contributed by atoms with Gasteiger partial charge in [-0.05, 0) is 33.4 Å². The molecule has 0 amide bonds. The van der Waals surface area contributed by atoms with Crippen molar-refractivity contribution in [2.24, 2.45) is 0 Å². The molecule has 2 atom stereocenters. The lowest BCUT2D eigenvalue weighted by molar-refractivity contribution is 0.234. The highest BCUT2D eigenvalue weighted by Crippen LogP contribution is 2.19. The normalized spacial score (nSPS) is 14.4. The van der Waals surface area contributed by atoms with Crippen molar-refractivity contribution in [3.05, 3.63) is 29.8 Å². The van der Waals surface area contributed by atoms with Crippen LogP contribution in [0.3, 0.4) is 0 Å². The number of methoxy groups -OCH3 is 1. The van der Waals surface area contributed by atoms with Crippen molar-refractivity contribution < 1.29 is 4.74 Å². The summed E-state index contributed by atoms with van der Waals surface area (Å²) in [5.41, 5.74) is 1.24. The molecule has 1 rings (SSSR count). The summed E-state index contributed by atoms with van der Waals surface area (Å²) >= 11 is 0. The average molecular weight is 264 g/mol. The maximum Gasteiger partial charge on any atom is 0.123 e. The van der Waals surface area contributed by atoms with Crippen molar-refractivity contribution in [2.75, 3.05) is 20.7 Å². The van der Waals surface area contributed by atoms with E-state index in [-0.39, 0.29) is 0 Å². The first-order valence-corrected chi connectivity index (χ1v) is 7.14. The molecule has 2 unspecified atom stereocenters. The maximum absolute atomic E-state index is 5.40. The molecular formula is C16H28N2O. The van der Waals surface area contributed by atoms with Gasteiger partial charge in [-0.1, -0.05) is 25.1 Å². The van der Waals surface area contributed by atoms with Crippen molar-refractivity contribution >= 4 is 0 Å². The smallest absolute Gasteiger partial charge is 0.123 e. The third kappa shape index (κ3) is 5.21. The third-order valence-corrected chi connectivity index (χ3v) is 3.74. The van der Waals surface area contributed by atoms with Crippen LogP contribution in [0.2, 0.25) is 0 Å². The zero-order valence-corrected chi connectivity index (χ0v) is 12.9. The van der Waals surface area contributed by atoms with E-state index in [1.165, 1.54) is 12.0 Å². The molecule has 19 heavy (non-hydrogen) atoms. The molecule has 0 aliphatic rings. The van der Waals surface area contributed by atoms with E-state index in [9.17, 15) is 0 Å². The number of nitrogens with zero attached hydrogens (tertiary/aromatic N) is 1. The van der Waals surface area contributed by atoms with Crippen molar-refractivity contribution in [3.8, 4) is 5.75 Å². The number of hydrogen-bond acceptors (Lipinski definition) is 3. The van der Waals surface area contributed by atoms with E-state index in [1.54, 1.807) is 7.11 Å². The predicted molar refractivity (Wildman–Crippen MR) is 81.7 cm³/mol. The summed E-state index contributed by atoms with van der Waals surface area (Å²) in [4.78, 5) is 2.35. The van der Waals surface area contributed by atoms with E-state index in [2.05, 4.69) is 50.2 Å². The monoisotopic (exact) mass is 264 g/mol. The Kier molecular flexibility index (Phi) is 6.89. The van der Waals surface area contributed by atoms with Crippen LogP contribution in [-0.4, -0.2) is 37.7 Å². The van der Waals surface area contributed by atoms with Crippen molar-refractivity contribution in [2.45, 2.75) is 45.8 Å². The molecular weight excluding hydrogens is 236 g/mol. The van der Waals surface area contributed by atoms with Crippen molar-refractivity contribution in [1.82, 2.24) is 10.2 Å². The first-order valence-electron chi connectivity index (χ1n) is 7.14. The summed E-state index contributed by atoms with van der Waals surface area (Å²) < 4.78 is 5.40.